The van der Waals surface area contributed by atoms with E-state index in [-0.39, 0.29) is 17.0 Å². The summed E-state index contributed by atoms with van der Waals surface area (Å²) in [5.74, 6) is -0.341. The highest BCUT2D eigenvalue weighted by Crippen LogP contribution is 2.31. The maximum atomic E-state index is 13.8. The Labute approximate surface area is 163 Å². The van der Waals surface area contributed by atoms with Crippen LogP contribution in [0.3, 0.4) is 0 Å². The number of aromatic nitrogens is 1. The summed E-state index contributed by atoms with van der Waals surface area (Å²) in [6, 6.07) is 9.61. The maximum absolute atomic E-state index is 13.8. The summed E-state index contributed by atoms with van der Waals surface area (Å²) in [4.78, 5) is 16.5. The van der Waals surface area contributed by atoms with Gasteiger partial charge in [-0.1, -0.05) is 29.3 Å². The van der Waals surface area contributed by atoms with Gasteiger partial charge in [0.05, 0.1) is 24.2 Å². The highest BCUT2D eigenvalue weighted by Gasteiger charge is 2.14. The summed E-state index contributed by atoms with van der Waals surface area (Å²) in [7, 11) is 1.54. The number of carbonyl (C=O) groups is 1. The molecule has 26 heavy (non-hydrogen) atoms. The Hall–Kier alpha value is -2.15. The standard InChI is InChI=1S/C18H13Cl2FN2O2S/c1-25-16-6-5-10(7-13(16)20)15-9-26-18(22-15)23-17(24)8-11-12(19)3-2-4-14(11)21/h2-7,9H,8H2,1H3,(H,22,23,24). The second kappa shape index (κ2) is 8.03. The number of nitrogens with one attached hydrogen (secondary N) is 1. The third kappa shape index (κ3) is 4.15. The number of ether oxygens (including phenoxy) is 1. The van der Waals surface area contributed by atoms with Crippen LogP contribution in [0.5, 0.6) is 5.75 Å². The van der Waals surface area contributed by atoms with E-state index in [2.05, 4.69) is 10.3 Å². The van der Waals surface area contributed by atoms with Crippen LogP contribution < -0.4 is 10.1 Å². The third-order valence-corrected chi connectivity index (χ3v) is 5.00. The van der Waals surface area contributed by atoms with E-state index in [0.717, 1.165) is 5.56 Å². The Morgan fingerprint density at radius 1 is 1.27 bits per heavy atom. The number of nitrogens with zero attached hydrogens (tertiary/aromatic N) is 1. The van der Waals surface area contributed by atoms with Crippen molar-refractivity contribution in [3.05, 3.63) is 63.2 Å². The van der Waals surface area contributed by atoms with Crippen LogP contribution in [0, 0.1) is 5.82 Å². The number of halogens is 3. The molecule has 0 aliphatic heterocycles. The molecule has 0 bridgehead atoms. The van der Waals surface area contributed by atoms with Crippen LogP contribution in [0.2, 0.25) is 10.0 Å². The number of carbonyl (C=O) groups excluding carboxylic acids is 1. The minimum Gasteiger partial charge on any atom is -0.495 e. The Morgan fingerprint density at radius 2 is 2.08 bits per heavy atom. The quantitative estimate of drug-likeness (QED) is 0.608. The zero-order chi connectivity index (χ0) is 18.7. The van der Waals surface area contributed by atoms with Crippen LogP contribution in [0.15, 0.2) is 41.8 Å². The number of anilines is 1. The van der Waals surface area contributed by atoms with Crippen molar-refractivity contribution < 1.29 is 13.9 Å². The van der Waals surface area contributed by atoms with Crippen LogP contribution in [0.25, 0.3) is 11.3 Å². The van der Waals surface area contributed by atoms with Crippen molar-refractivity contribution in [1.29, 1.82) is 0 Å². The molecule has 0 fully saturated rings. The van der Waals surface area contributed by atoms with Gasteiger partial charge in [0.2, 0.25) is 5.91 Å². The first kappa shape index (κ1) is 18.6. The fraction of sp³-hybridized carbons (Fsp3) is 0.111. The van der Waals surface area contributed by atoms with Gasteiger partial charge in [0.25, 0.3) is 0 Å². The normalized spacial score (nSPS) is 10.6. The maximum Gasteiger partial charge on any atom is 0.230 e. The topological polar surface area (TPSA) is 51.2 Å². The number of amides is 1. The van der Waals surface area contributed by atoms with Crippen molar-refractivity contribution in [3.8, 4) is 17.0 Å². The van der Waals surface area contributed by atoms with Crippen molar-refractivity contribution in [2.24, 2.45) is 0 Å². The van der Waals surface area contributed by atoms with E-state index in [9.17, 15) is 9.18 Å². The lowest BCUT2D eigenvalue weighted by Crippen LogP contribution is -2.15. The summed E-state index contributed by atoms with van der Waals surface area (Å²) in [5.41, 5.74) is 1.62. The molecule has 2 aromatic carbocycles. The van der Waals surface area contributed by atoms with E-state index in [1.54, 1.807) is 30.7 Å². The predicted molar refractivity (Wildman–Crippen MR) is 103 cm³/mol. The summed E-state index contributed by atoms with van der Waals surface area (Å²) in [5, 5.41) is 5.55. The first-order chi connectivity index (χ1) is 12.5. The van der Waals surface area contributed by atoms with Crippen molar-refractivity contribution in [2.45, 2.75) is 6.42 Å². The molecule has 1 amide bonds. The van der Waals surface area contributed by atoms with Crippen LogP contribution in [-0.2, 0) is 11.2 Å². The molecule has 1 aromatic heterocycles. The molecular formula is C18H13Cl2FN2O2S. The SMILES string of the molecule is COc1ccc(-c2csc(NC(=O)Cc3c(F)cccc3Cl)n2)cc1Cl. The number of hydrogen-bond donors (Lipinski definition) is 1. The van der Waals surface area contributed by atoms with Gasteiger partial charge in [0.15, 0.2) is 5.13 Å². The molecule has 1 N–H and O–H groups in total. The summed E-state index contributed by atoms with van der Waals surface area (Å²) >= 11 is 13.3. The van der Waals surface area contributed by atoms with Gasteiger partial charge in [-0.05, 0) is 30.3 Å². The van der Waals surface area contributed by atoms with Crippen LogP contribution >= 0.6 is 34.5 Å². The zero-order valence-corrected chi connectivity index (χ0v) is 15.9. The van der Waals surface area contributed by atoms with Gasteiger partial charge < -0.3 is 10.1 Å². The van der Waals surface area contributed by atoms with Crippen molar-refractivity contribution in [1.82, 2.24) is 4.98 Å². The van der Waals surface area contributed by atoms with E-state index >= 15 is 0 Å². The van der Waals surface area contributed by atoms with Gasteiger partial charge in [-0.25, -0.2) is 9.37 Å². The molecule has 0 saturated carbocycles. The van der Waals surface area contributed by atoms with E-state index in [0.29, 0.717) is 21.6 Å². The Bertz CT molecular complexity index is 942. The molecule has 3 rings (SSSR count). The van der Waals surface area contributed by atoms with E-state index < -0.39 is 11.7 Å². The first-order valence-electron chi connectivity index (χ1n) is 7.50. The van der Waals surface area contributed by atoms with Gasteiger partial charge in [-0.2, -0.15) is 0 Å². The minimum atomic E-state index is -0.514. The Kier molecular flexibility index (Phi) is 5.76. The zero-order valence-electron chi connectivity index (χ0n) is 13.6. The first-order valence-corrected chi connectivity index (χ1v) is 9.13. The van der Waals surface area contributed by atoms with Gasteiger partial charge in [-0.15, -0.1) is 11.3 Å². The van der Waals surface area contributed by atoms with Crippen molar-refractivity contribution >= 4 is 45.6 Å². The molecule has 1 heterocycles. The lowest BCUT2D eigenvalue weighted by molar-refractivity contribution is -0.115. The number of hydrogen-bond acceptors (Lipinski definition) is 4. The highest BCUT2D eigenvalue weighted by molar-refractivity contribution is 7.14. The van der Waals surface area contributed by atoms with Gasteiger partial charge >= 0.3 is 0 Å². The third-order valence-electron chi connectivity index (χ3n) is 3.60. The van der Waals surface area contributed by atoms with Gasteiger partial charge in [0.1, 0.15) is 11.6 Å². The lowest BCUT2D eigenvalue weighted by Gasteiger charge is -2.06. The molecule has 0 aliphatic carbocycles. The molecule has 134 valence electrons. The summed E-state index contributed by atoms with van der Waals surface area (Å²) < 4.78 is 18.9. The predicted octanol–water partition coefficient (Wildman–Crippen LogP) is 5.45. The second-order valence-electron chi connectivity index (χ2n) is 5.31. The molecule has 0 aliphatic rings. The number of rotatable bonds is 5. The highest BCUT2D eigenvalue weighted by atomic mass is 35.5. The smallest absolute Gasteiger partial charge is 0.230 e. The minimum absolute atomic E-state index is 0.158. The molecule has 0 spiro atoms. The van der Waals surface area contributed by atoms with Gasteiger partial charge in [0, 0.05) is 21.5 Å². The Morgan fingerprint density at radius 3 is 2.77 bits per heavy atom. The molecule has 3 aromatic rings. The average molecular weight is 411 g/mol. The van der Waals surface area contributed by atoms with Crippen molar-refractivity contribution in [2.75, 3.05) is 12.4 Å². The fourth-order valence-electron chi connectivity index (χ4n) is 2.31. The number of benzene rings is 2. The lowest BCUT2D eigenvalue weighted by atomic mass is 10.1. The van der Waals surface area contributed by atoms with Crippen molar-refractivity contribution in [3.63, 3.8) is 0 Å². The van der Waals surface area contributed by atoms with E-state index in [4.69, 9.17) is 27.9 Å². The van der Waals surface area contributed by atoms with E-state index in [1.165, 1.54) is 23.5 Å². The molecule has 0 saturated heterocycles. The van der Waals surface area contributed by atoms with Crippen LogP contribution in [-0.4, -0.2) is 18.0 Å². The number of thiazole rings is 1. The second-order valence-corrected chi connectivity index (χ2v) is 6.98. The largest absolute Gasteiger partial charge is 0.495 e. The summed E-state index contributed by atoms with van der Waals surface area (Å²) in [6.45, 7) is 0. The molecule has 4 nitrogen and oxygen atoms in total. The number of methoxy groups -OCH3 is 1. The van der Waals surface area contributed by atoms with E-state index in [1.807, 2.05) is 6.07 Å². The van der Waals surface area contributed by atoms with Crippen LogP contribution in [0.4, 0.5) is 9.52 Å². The molecular weight excluding hydrogens is 398 g/mol. The summed E-state index contributed by atoms with van der Waals surface area (Å²) in [6.07, 6.45) is -0.172. The molecule has 8 heteroatoms. The fourth-order valence-corrected chi connectivity index (χ4v) is 3.54. The average Bonchev–Trinajstić information content (AvgIpc) is 3.06. The molecule has 0 unspecified atom stereocenters. The monoisotopic (exact) mass is 410 g/mol. The van der Waals surface area contributed by atoms with Gasteiger partial charge in [-0.3, -0.25) is 4.79 Å². The molecule has 0 radical (unpaired) electrons. The van der Waals surface area contributed by atoms with Crippen LogP contribution in [0.1, 0.15) is 5.56 Å². The molecule has 0 atom stereocenters. The Balaban J connectivity index is 1.72.